The summed E-state index contributed by atoms with van der Waals surface area (Å²) in [4.78, 5) is 34.0. The SMILES string of the molecule is O=C(O)CC(NC(=O)CCCc1ccc(Br)s1)C(=O)O. The molecule has 20 heavy (non-hydrogen) atoms. The molecule has 8 heteroatoms. The van der Waals surface area contributed by atoms with E-state index in [-0.39, 0.29) is 6.42 Å². The molecule has 0 aliphatic carbocycles. The number of carboxylic acid groups (broad SMARTS) is 2. The summed E-state index contributed by atoms with van der Waals surface area (Å²) < 4.78 is 1.02. The summed E-state index contributed by atoms with van der Waals surface area (Å²) in [5.41, 5.74) is 0. The first-order valence-electron chi connectivity index (χ1n) is 5.86. The van der Waals surface area contributed by atoms with Gasteiger partial charge in [0.25, 0.3) is 0 Å². The molecule has 1 aromatic rings. The van der Waals surface area contributed by atoms with Gasteiger partial charge < -0.3 is 15.5 Å². The predicted molar refractivity (Wildman–Crippen MR) is 76.8 cm³/mol. The summed E-state index contributed by atoms with van der Waals surface area (Å²) >= 11 is 4.92. The van der Waals surface area contributed by atoms with Crippen LogP contribution in [0.4, 0.5) is 0 Å². The van der Waals surface area contributed by atoms with Gasteiger partial charge in [-0.15, -0.1) is 11.3 Å². The molecule has 0 saturated heterocycles. The van der Waals surface area contributed by atoms with E-state index < -0.39 is 30.3 Å². The van der Waals surface area contributed by atoms with Gasteiger partial charge in [-0.05, 0) is 40.9 Å². The van der Waals surface area contributed by atoms with Crippen LogP contribution in [0.25, 0.3) is 0 Å². The third kappa shape index (κ3) is 6.16. The van der Waals surface area contributed by atoms with Gasteiger partial charge in [-0.25, -0.2) is 4.79 Å². The average Bonchev–Trinajstić information content (AvgIpc) is 2.73. The molecule has 0 aliphatic heterocycles. The lowest BCUT2D eigenvalue weighted by atomic mass is 10.1. The summed E-state index contributed by atoms with van der Waals surface area (Å²) in [6, 6.07) is 2.50. The number of hydrogen-bond acceptors (Lipinski definition) is 4. The number of carbonyl (C=O) groups is 3. The Morgan fingerprint density at radius 2 is 2.00 bits per heavy atom. The van der Waals surface area contributed by atoms with Gasteiger partial charge in [-0.3, -0.25) is 9.59 Å². The van der Waals surface area contributed by atoms with E-state index in [2.05, 4.69) is 21.2 Å². The molecule has 1 aromatic heterocycles. The van der Waals surface area contributed by atoms with Crippen LogP contribution in [0.1, 0.15) is 24.1 Å². The Bertz CT molecular complexity index is 502. The van der Waals surface area contributed by atoms with Crippen molar-refractivity contribution in [3.63, 3.8) is 0 Å². The van der Waals surface area contributed by atoms with E-state index in [0.29, 0.717) is 6.42 Å². The zero-order valence-electron chi connectivity index (χ0n) is 10.5. The monoisotopic (exact) mass is 363 g/mol. The normalized spacial score (nSPS) is 11.8. The number of amides is 1. The van der Waals surface area contributed by atoms with Crippen LogP contribution in [0, 0.1) is 0 Å². The number of rotatable bonds is 8. The summed E-state index contributed by atoms with van der Waals surface area (Å²) in [6.07, 6.45) is 0.844. The number of hydrogen-bond donors (Lipinski definition) is 3. The zero-order valence-corrected chi connectivity index (χ0v) is 12.9. The van der Waals surface area contributed by atoms with Gasteiger partial charge >= 0.3 is 11.9 Å². The Kier molecular flexibility index (Phi) is 6.66. The van der Waals surface area contributed by atoms with Crippen LogP contribution >= 0.6 is 27.3 Å². The molecule has 6 nitrogen and oxygen atoms in total. The standard InChI is InChI=1S/C12H14BrNO5S/c13-9-5-4-7(20-9)2-1-3-10(15)14-8(12(18)19)6-11(16)17/h4-5,8H,1-3,6H2,(H,14,15)(H,16,17)(H,18,19). The van der Waals surface area contributed by atoms with Crippen LogP contribution < -0.4 is 5.32 Å². The molecular formula is C12H14BrNO5S. The molecule has 3 N–H and O–H groups in total. The summed E-state index contributed by atoms with van der Waals surface area (Å²) in [5, 5.41) is 19.6. The molecule has 0 saturated carbocycles. The number of halogens is 1. The first kappa shape index (κ1) is 16.6. The lowest BCUT2D eigenvalue weighted by Crippen LogP contribution is -2.42. The van der Waals surface area contributed by atoms with E-state index in [4.69, 9.17) is 10.2 Å². The molecule has 1 unspecified atom stereocenters. The second-order valence-electron chi connectivity index (χ2n) is 4.12. The molecule has 0 radical (unpaired) electrons. The molecule has 0 fully saturated rings. The van der Waals surface area contributed by atoms with Crippen molar-refractivity contribution in [2.45, 2.75) is 31.7 Å². The lowest BCUT2D eigenvalue weighted by molar-refractivity contribution is -0.147. The minimum atomic E-state index is -1.38. The van der Waals surface area contributed by atoms with Crippen molar-refractivity contribution in [2.24, 2.45) is 0 Å². The van der Waals surface area contributed by atoms with E-state index in [0.717, 1.165) is 15.1 Å². The largest absolute Gasteiger partial charge is 0.481 e. The second kappa shape index (κ2) is 8.01. The molecule has 0 spiro atoms. The summed E-state index contributed by atoms with van der Waals surface area (Å²) in [5.74, 6) is -3.06. The van der Waals surface area contributed by atoms with Crippen LogP contribution in [0.3, 0.4) is 0 Å². The maximum Gasteiger partial charge on any atom is 0.326 e. The van der Waals surface area contributed by atoms with Crippen molar-refractivity contribution < 1.29 is 24.6 Å². The minimum absolute atomic E-state index is 0.166. The molecule has 0 bridgehead atoms. The van der Waals surface area contributed by atoms with Crippen LogP contribution in [-0.2, 0) is 20.8 Å². The van der Waals surface area contributed by atoms with E-state index in [1.165, 1.54) is 0 Å². The predicted octanol–water partition coefficient (Wildman–Crippen LogP) is 1.88. The van der Waals surface area contributed by atoms with Crippen molar-refractivity contribution in [1.29, 1.82) is 0 Å². The van der Waals surface area contributed by atoms with Crippen LogP contribution in [-0.4, -0.2) is 34.1 Å². The molecule has 0 aromatic carbocycles. The number of carbonyl (C=O) groups excluding carboxylic acids is 1. The Morgan fingerprint density at radius 3 is 2.50 bits per heavy atom. The van der Waals surface area contributed by atoms with E-state index in [9.17, 15) is 14.4 Å². The highest BCUT2D eigenvalue weighted by atomic mass is 79.9. The maximum atomic E-state index is 11.6. The van der Waals surface area contributed by atoms with Crippen molar-refractivity contribution in [3.8, 4) is 0 Å². The number of thiophene rings is 1. The van der Waals surface area contributed by atoms with Gasteiger partial charge in [0.05, 0.1) is 10.2 Å². The van der Waals surface area contributed by atoms with Gasteiger partial charge in [0, 0.05) is 11.3 Å². The fourth-order valence-corrected chi connectivity index (χ4v) is 3.08. The van der Waals surface area contributed by atoms with Gasteiger partial charge in [0.2, 0.25) is 5.91 Å². The van der Waals surface area contributed by atoms with Gasteiger partial charge in [0.15, 0.2) is 0 Å². The third-order valence-corrected chi connectivity index (χ3v) is 4.15. The first-order chi connectivity index (χ1) is 9.38. The maximum absolute atomic E-state index is 11.6. The van der Waals surface area contributed by atoms with Crippen LogP contribution in [0.15, 0.2) is 15.9 Å². The Labute approximate surface area is 127 Å². The average molecular weight is 364 g/mol. The van der Waals surface area contributed by atoms with E-state index >= 15 is 0 Å². The zero-order chi connectivity index (χ0) is 15.1. The molecule has 1 atom stereocenters. The summed E-state index contributed by atoms with van der Waals surface area (Å²) in [7, 11) is 0. The number of aryl methyl sites for hydroxylation is 1. The van der Waals surface area contributed by atoms with Gasteiger partial charge in [-0.2, -0.15) is 0 Å². The van der Waals surface area contributed by atoms with Crippen molar-refractivity contribution >= 4 is 45.1 Å². The van der Waals surface area contributed by atoms with Crippen LogP contribution in [0.2, 0.25) is 0 Å². The van der Waals surface area contributed by atoms with Gasteiger partial charge in [-0.1, -0.05) is 0 Å². The fraction of sp³-hybridized carbons (Fsp3) is 0.417. The van der Waals surface area contributed by atoms with Gasteiger partial charge in [0.1, 0.15) is 6.04 Å². The van der Waals surface area contributed by atoms with Crippen molar-refractivity contribution in [2.75, 3.05) is 0 Å². The van der Waals surface area contributed by atoms with Crippen molar-refractivity contribution in [3.05, 3.63) is 20.8 Å². The van der Waals surface area contributed by atoms with E-state index in [1.807, 2.05) is 12.1 Å². The Hall–Kier alpha value is -1.41. The smallest absolute Gasteiger partial charge is 0.326 e. The molecule has 1 heterocycles. The topological polar surface area (TPSA) is 104 Å². The minimum Gasteiger partial charge on any atom is -0.481 e. The fourth-order valence-electron chi connectivity index (χ4n) is 1.55. The molecule has 1 amide bonds. The lowest BCUT2D eigenvalue weighted by Gasteiger charge is -2.12. The Balaban J connectivity index is 2.34. The number of nitrogens with one attached hydrogen (secondary N) is 1. The highest BCUT2D eigenvalue weighted by Gasteiger charge is 2.22. The quantitative estimate of drug-likeness (QED) is 0.654. The highest BCUT2D eigenvalue weighted by Crippen LogP contribution is 2.23. The first-order valence-corrected chi connectivity index (χ1v) is 7.47. The van der Waals surface area contributed by atoms with E-state index in [1.54, 1.807) is 11.3 Å². The highest BCUT2D eigenvalue weighted by molar-refractivity contribution is 9.11. The van der Waals surface area contributed by atoms with Crippen molar-refractivity contribution in [1.82, 2.24) is 5.32 Å². The Morgan fingerprint density at radius 1 is 1.30 bits per heavy atom. The third-order valence-electron chi connectivity index (χ3n) is 2.47. The number of carboxylic acids is 2. The molecular weight excluding hydrogens is 350 g/mol. The number of aliphatic carboxylic acids is 2. The summed E-state index contributed by atoms with van der Waals surface area (Å²) in [6.45, 7) is 0. The second-order valence-corrected chi connectivity index (χ2v) is 6.66. The molecule has 1 rings (SSSR count). The molecule has 0 aliphatic rings. The van der Waals surface area contributed by atoms with Crippen LogP contribution in [0.5, 0.6) is 0 Å². The molecule has 110 valence electrons.